The molecule has 136 valence electrons. The summed E-state index contributed by atoms with van der Waals surface area (Å²) in [5.41, 5.74) is 4.00. The van der Waals surface area contributed by atoms with E-state index in [1.54, 1.807) is 11.8 Å². The average Bonchev–Trinajstić information content (AvgIpc) is 3.22. The van der Waals surface area contributed by atoms with E-state index in [4.69, 9.17) is 11.6 Å². The number of thioether (sulfide) groups is 1. The molecular weight excluding hydrogens is 382 g/mol. The van der Waals surface area contributed by atoms with Gasteiger partial charge in [-0.1, -0.05) is 42.4 Å². The van der Waals surface area contributed by atoms with Crippen LogP contribution in [0.25, 0.3) is 11.4 Å². The molecule has 0 N–H and O–H groups in total. The van der Waals surface area contributed by atoms with Crippen LogP contribution in [0.4, 0.5) is 0 Å². The average molecular weight is 404 g/mol. The van der Waals surface area contributed by atoms with Crippen LogP contribution in [-0.2, 0) is 25.1 Å². The highest BCUT2D eigenvalue weighted by atomic mass is 35.5. The summed E-state index contributed by atoms with van der Waals surface area (Å²) in [5.74, 6) is 2.66. The van der Waals surface area contributed by atoms with Gasteiger partial charge in [0, 0.05) is 33.1 Å². The Kier molecular flexibility index (Phi) is 5.39. The summed E-state index contributed by atoms with van der Waals surface area (Å²) in [6.07, 6.45) is 3.64. The molecule has 2 heterocycles. The first-order chi connectivity index (χ1) is 12.7. The Balaban J connectivity index is 1.59. The van der Waals surface area contributed by atoms with Gasteiger partial charge in [0.2, 0.25) is 0 Å². The van der Waals surface area contributed by atoms with Crippen LogP contribution in [0.5, 0.6) is 0 Å². The van der Waals surface area contributed by atoms with Crippen LogP contribution in [-0.4, -0.2) is 14.8 Å². The molecule has 0 fully saturated rings. The van der Waals surface area contributed by atoms with Crippen molar-refractivity contribution in [3.63, 3.8) is 0 Å². The molecule has 1 aliphatic rings. The number of thiophene rings is 1. The minimum Gasteiger partial charge on any atom is -0.302 e. The van der Waals surface area contributed by atoms with E-state index in [9.17, 15) is 0 Å². The largest absolute Gasteiger partial charge is 0.302 e. The van der Waals surface area contributed by atoms with Crippen LogP contribution in [0.3, 0.4) is 0 Å². The molecule has 2 aromatic heterocycles. The van der Waals surface area contributed by atoms with Crippen molar-refractivity contribution in [2.24, 2.45) is 5.92 Å². The fourth-order valence-corrected chi connectivity index (χ4v) is 5.92. The Hall–Kier alpha value is -1.30. The number of aromatic nitrogens is 3. The molecule has 6 heteroatoms. The second-order valence-electron chi connectivity index (χ2n) is 6.87. The predicted molar refractivity (Wildman–Crippen MR) is 111 cm³/mol. The predicted octanol–water partition coefficient (Wildman–Crippen LogP) is 6.10. The zero-order valence-corrected chi connectivity index (χ0v) is 17.4. The van der Waals surface area contributed by atoms with Crippen LogP contribution in [0.15, 0.2) is 34.8 Å². The number of nitrogens with zero attached hydrogens (tertiary/aromatic N) is 3. The van der Waals surface area contributed by atoms with Gasteiger partial charge in [0.15, 0.2) is 11.0 Å². The minimum absolute atomic E-state index is 0.778. The molecule has 4 rings (SSSR count). The van der Waals surface area contributed by atoms with Crippen molar-refractivity contribution in [1.29, 1.82) is 0 Å². The van der Waals surface area contributed by atoms with Crippen molar-refractivity contribution in [2.75, 3.05) is 0 Å². The van der Waals surface area contributed by atoms with Crippen LogP contribution in [0.1, 0.15) is 36.3 Å². The second kappa shape index (κ2) is 7.75. The molecule has 3 nitrogen and oxygen atoms in total. The summed E-state index contributed by atoms with van der Waals surface area (Å²) in [5, 5.41) is 13.1. The van der Waals surface area contributed by atoms with Crippen molar-refractivity contribution in [3.8, 4) is 11.4 Å². The fraction of sp³-hybridized carbons (Fsp3) is 0.400. The highest BCUT2D eigenvalue weighted by Crippen LogP contribution is 2.38. The maximum Gasteiger partial charge on any atom is 0.191 e. The van der Waals surface area contributed by atoms with E-state index in [1.807, 2.05) is 29.5 Å². The molecule has 26 heavy (non-hydrogen) atoms. The summed E-state index contributed by atoms with van der Waals surface area (Å²) in [6.45, 7) is 5.39. The first-order valence-corrected chi connectivity index (χ1v) is 11.3. The van der Waals surface area contributed by atoms with Gasteiger partial charge in [-0.2, -0.15) is 0 Å². The monoisotopic (exact) mass is 403 g/mol. The maximum atomic E-state index is 6.09. The van der Waals surface area contributed by atoms with Crippen LogP contribution >= 0.6 is 34.7 Å². The van der Waals surface area contributed by atoms with Gasteiger partial charge in [-0.15, -0.1) is 21.5 Å². The first-order valence-electron chi connectivity index (χ1n) is 9.05. The number of halogens is 1. The van der Waals surface area contributed by atoms with Crippen LogP contribution < -0.4 is 0 Å². The standard InChI is InChI=1S/C20H22ClN3S2/c1-3-24-19(17-12-25-18-9-13(2)7-8-16(17)18)22-23-20(24)26-11-14-5-4-6-15(21)10-14/h4-6,10,12-13H,3,7-9,11H2,1-2H3. The first kappa shape index (κ1) is 18.1. The molecular formula is C20H22ClN3S2. The van der Waals surface area contributed by atoms with Gasteiger partial charge in [0.25, 0.3) is 0 Å². The lowest BCUT2D eigenvalue weighted by molar-refractivity contribution is 0.508. The van der Waals surface area contributed by atoms with E-state index in [1.165, 1.54) is 34.4 Å². The summed E-state index contributed by atoms with van der Waals surface area (Å²) in [7, 11) is 0. The lowest BCUT2D eigenvalue weighted by Gasteiger charge is -2.19. The van der Waals surface area contributed by atoms with Crippen molar-refractivity contribution < 1.29 is 0 Å². The van der Waals surface area contributed by atoms with E-state index < -0.39 is 0 Å². The molecule has 0 aliphatic heterocycles. The lowest BCUT2D eigenvalue weighted by Crippen LogP contribution is -2.10. The Morgan fingerprint density at radius 3 is 3.04 bits per heavy atom. The Morgan fingerprint density at radius 1 is 1.35 bits per heavy atom. The number of hydrogen-bond donors (Lipinski definition) is 0. The van der Waals surface area contributed by atoms with Gasteiger partial charge in [0.1, 0.15) is 0 Å². The summed E-state index contributed by atoms with van der Waals surface area (Å²) in [6, 6.07) is 8.01. The second-order valence-corrected chi connectivity index (χ2v) is 9.21. The topological polar surface area (TPSA) is 30.7 Å². The molecule has 0 bridgehead atoms. The van der Waals surface area contributed by atoms with E-state index in [-0.39, 0.29) is 0 Å². The molecule has 1 aromatic carbocycles. The fourth-order valence-electron chi connectivity index (χ4n) is 3.52. The SMILES string of the molecule is CCn1c(SCc2cccc(Cl)c2)nnc1-c1csc2c1CCC(C)C2. The maximum absolute atomic E-state index is 6.09. The van der Waals surface area contributed by atoms with Gasteiger partial charge in [-0.25, -0.2) is 0 Å². The van der Waals surface area contributed by atoms with Crippen molar-refractivity contribution in [1.82, 2.24) is 14.8 Å². The highest BCUT2D eigenvalue weighted by molar-refractivity contribution is 7.98. The number of rotatable bonds is 5. The van der Waals surface area contributed by atoms with E-state index in [0.717, 1.165) is 40.6 Å². The number of fused-ring (bicyclic) bond motifs is 1. The third-order valence-corrected chi connectivity index (χ3v) is 7.26. The zero-order valence-electron chi connectivity index (χ0n) is 15.0. The normalized spacial score (nSPS) is 16.7. The molecule has 0 saturated heterocycles. The van der Waals surface area contributed by atoms with Crippen molar-refractivity contribution in [3.05, 3.63) is 50.7 Å². The van der Waals surface area contributed by atoms with Gasteiger partial charge < -0.3 is 4.57 Å². The van der Waals surface area contributed by atoms with Gasteiger partial charge >= 0.3 is 0 Å². The summed E-state index contributed by atoms with van der Waals surface area (Å²) >= 11 is 9.70. The molecule has 0 radical (unpaired) electrons. The van der Waals surface area contributed by atoms with Crippen molar-refractivity contribution >= 4 is 34.7 Å². The number of hydrogen-bond acceptors (Lipinski definition) is 4. The Bertz CT molecular complexity index is 916. The lowest BCUT2D eigenvalue weighted by atomic mass is 9.88. The molecule has 0 spiro atoms. The molecule has 3 aromatic rings. The molecule has 1 aliphatic carbocycles. The quantitative estimate of drug-likeness (QED) is 0.482. The number of benzene rings is 1. The highest BCUT2D eigenvalue weighted by Gasteiger charge is 2.24. The van der Waals surface area contributed by atoms with Gasteiger partial charge in [-0.3, -0.25) is 0 Å². The van der Waals surface area contributed by atoms with Gasteiger partial charge in [-0.05, 0) is 55.4 Å². The minimum atomic E-state index is 0.778. The van der Waals surface area contributed by atoms with E-state index >= 15 is 0 Å². The Labute approximate surface area is 167 Å². The molecule has 0 saturated carbocycles. The van der Waals surface area contributed by atoms with Crippen molar-refractivity contribution in [2.45, 2.75) is 50.6 Å². The third-order valence-electron chi connectivity index (χ3n) is 4.93. The third kappa shape index (κ3) is 3.57. The van der Waals surface area contributed by atoms with E-state index in [0.29, 0.717) is 0 Å². The summed E-state index contributed by atoms with van der Waals surface area (Å²) < 4.78 is 2.25. The van der Waals surface area contributed by atoms with Crippen LogP contribution in [0.2, 0.25) is 5.02 Å². The van der Waals surface area contributed by atoms with E-state index in [2.05, 4.69) is 40.1 Å². The summed E-state index contributed by atoms with van der Waals surface area (Å²) in [4.78, 5) is 1.54. The smallest absolute Gasteiger partial charge is 0.191 e. The molecule has 1 atom stereocenters. The molecule has 0 amide bonds. The Morgan fingerprint density at radius 2 is 2.23 bits per heavy atom. The molecule has 1 unspecified atom stereocenters. The van der Waals surface area contributed by atoms with Gasteiger partial charge in [0.05, 0.1) is 0 Å². The zero-order chi connectivity index (χ0) is 18.1. The van der Waals surface area contributed by atoms with Crippen LogP contribution in [0, 0.1) is 5.92 Å².